The Morgan fingerprint density at radius 2 is 1.68 bits per heavy atom. The predicted octanol–water partition coefficient (Wildman–Crippen LogP) is 2.37. The van der Waals surface area contributed by atoms with E-state index in [-0.39, 0.29) is 42.4 Å². The molecule has 2 aliphatic heterocycles. The molecule has 2 heterocycles. The number of fused-ring (bicyclic) bond motifs is 1. The van der Waals surface area contributed by atoms with E-state index < -0.39 is 0 Å². The molecular weight excluding hydrogens is 284 g/mol. The number of rotatable bonds is 3. The van der Waals surface area contributed by atoms with Crippen molar-refractivity contribution in [3.8, 4) is 0 Å². The lowest BCUT2D eigenvalue weighted by Crippen LogP contribution is -2.53. The standard InChI is InChI=1S/C17H24O5/c1-9-15-16(19-15)13(22-21-9)5-14(18)20-17-6-10-2-11(7-17)4-12(3-10)8-17/h9-13,15-16H,2-8H2,1H3/t9-,10?,11?,12?,13+,15-,16+,17?/m0/s1. The summed E-state index contributed by atoms with van der Waals surface area (Å²) in [5, 5.41) is 0. The maximum Gasteiger partial charge on any atom is 0.309 e. The molecule has 0 radical (unpaired) electrons. The summed E-state index contributed by atoms with van der Waals surface area (Å²) < 4.78 is 11.6. The summed E-state index contributed by atoms with van der Waals surface area (Å²) >= 11 is 0. The second kappa shape index (κ2) is 4.68. The number of hydrogen-bond acceptors (Lipinski definition) is 5. The highest BCUT2D eigenvalue weighted by atomic mass is 17.2. The van der Waals surface area contributed by atoms with Gasteiger partial charge in [-0.1, -0.05) is 0 Å². The van der Waals surface area contributed by atoms with Crippen molar-refractivity contribution in [2.45, 2.75) is 81.9 Å². The Morgan fingerprint density at radius 1 is 1.05 bits per heavy atom. The lowest BCUT2D eigenvalue weighted by molar-refractivity contribution is -0.361. The molecule has 22 heavy (non-hydrogen) atoms. The molecule has 5 heteroatoms. The fraction of sp³-hybridized carbons (Fsp3) is 0.941. The molecule has 6 fully saturated rings. The van der Waals surface area contributed by atoms with Crippen LogP contribution in [0.3, 0.4) is 0 Å². The molecule has 4 bridgehead atoms. The molecule has 0 aromatic heterocycles. The van der Waals surface area contributed by atoms with Gasteiger partial charge in [-0.05, 0) is 63.2 Å². The topological polar surface area (TPSA) is 57.3 Å². The summed E-state index contributed by atoms with van der Waals surface area (Å²) in [5.41, 5.74) is -0.168. The Balaban J connectivity index is 1.22. The van der Waals surface area contributed by atoms with Crippen molar-refractivity contribution in [2.75, 3.05) is 0 Å². The zero-order chi connectivity index (χ0) is 14.9. The summed E-state index contributed by atoms with van der Waals surface area (Å²) in [7, 11) is 0. The van der Waals surface area contributed by atoms with Crippen LogP contribution in [0.15, 0.2) is 0 Å². The van der Waals surface area contributed by atoms with Crippen LogP contribution in [0.5, 0.6) is 0 Å². The van der Waals surface area contributed by atoms with Crippen LogP contribution >= 0.6 is 0 Å². The number of hydrogen-bond donors (Lipinski definition) is 0. The largest absolute Gasteiger partial charge is 0.459 e. The van der Waals surface area contributed by atoms with E-state index in [9.17, 15) is 4.79 Å². The third kappa shape index (κ3) is 2.21. The van der Waals surface area contributed by atoms with Crippen LogP contribution in [-0.4, -0.2) is 36.0 Å². The van der Waals surface area contributed by atoms with Gasteiger partial charge in [0.05, 0.1) is 6.42 Å². The second-order valence-corrected chi connectivity index (χ2v) is 8.28. The van der Waals surface area contributed by atoms with Gasteiger partial charge in [0.1, 0.15) is 30.0 Å². The van der Waals surface area contributed by atoms with Crippen molar-refractivity contribution in [2.24, 2.45) is 17.8 Å². The third-order valence-electron chi connectivity index (χ3n) is 6.40. The van der Waals surface area contributed by atoms with Gasteiger partial charge in [-0.15, -0.1) is 0 Å². The first-order chi connectivity index (χ1) is 10.6. The maximum atomic E-state index is 12.4. The van der Waals surface area contributed by atoms with E-state index >= 15 is 0 Å². The number of carbonyl (C=O) groups is 1. The molecule has 0 unspecified atom stereocenters. The molecule has 5 nitrogen and oxygen atoms in total. The molecule has 0 aromatic rings. The Kier molecular flexibility index (Phi) is 2.93. The minimum absolute atomic E-state index is 0.00710. The van der Waals surface area contributed by atoms with E-state index in [1.165, 1.54) is 19.3 Å². The van der Waals surface area contributed by atoms with Crippen molar-refractivity contribution in [3.05, 3.63) is 0 Å². The number of esters is 1. The lowest BCUT2D eigenvalue weighted by Gasteiger charge is -2.55. The van der Waals surface area contributed by atoms with Crippen molar-refractivity contribution < 1.29 is 24.0 Å². The van der Waals surface area contributed by atoms with Gasteiger partial charge in [-0.2, -0.15) is 0 Å². The van der Waals surface area contributed by atoms with Crippen LogP contribution in [0.1, 0.15) is 51.9 Å². The zero-order valence-electron chi connectivity index (χ0n) is 13.0. The first-order valence-corrected chi connectivity index (χ1v) is 8.80. The van der Waals surface area contributed by atoms with Gasteiger partial charge in [-0.3, -0.25) is 4.79 Å². The average Bonchev–Trinajstić information content (AvgIpc) is 3.21. The van der Waals surface area contributed by atoms with Gasteiger partial charge < -0.3 is 9.47 Å². The molecule has 0 amide bonds. The quantitative estimate of drug-likeness (QED) is 0.455. The molecule has 0 aromatic carbocycles. The minimum atomic E-state index is -0.303. The number of epoxide rings is 1. The molecular formula is C17H24O5. The molecule has 4 aliphatic carbocycles. The van der Waals surface area contributed by atoms with E-state index in [1.807, 2.05) is 6.92 Å². The summed E-state index contributed by atoms with van der Waals surface area (Å²) in [5.74, 6) is 2.21. The Hall–Kier alpha value is -0.650. The number of ether oxygens (including phenoxy) is 2. The van der Waals surface area contributed by atoms with Gasteiger partial charge in [0.25, 0.3) is 0 Å². The van der Waals surface area contributed by atoms with Crippen LogP contribution in [0.4, 0.5) is 0 Å². The van der Waals surface area contributed by atoms with Gasteiger partial charge in [0, 0.05) is 0 Å². The summed E-state index contributed by atoms with van der Waals surface area (Å²) in [6.07, 6.45) is 7.28. The summed E-state index contributed by atoms with van der Waals surface area (Å²) in [4.78, 5) is 22.9. The normalized spacial score (nSPS) is 54.9. The molecule has 0 spiro atoms. The first kappa shape index (κ1) is 13.8. The van der Waals surface area contributed by atoms with E-state index in [4.69, 9.17) is 19.2 Å². The predicted molar refractivity (Wildman–Crippen MR) is 75.7 cm³/mol. The SMILES string of the molecule is C[C@@H]1OO[C@H](CC(=O)OC23CC4CC(CC(C4)C2)C3)[C@H]2O[C@H]21. The van der Waals surface area contributed by atoms with Crippen molar-refractivity contribution in [1.29, 1.82) is 0 Å². The molecule has 122 valence electrons. The third-order valence-corrected chi connectivity index (χ3v) is 6.40. The van der Waals surface area contributed by atoms with Crippen LogP contribution in [-0.2, 0) is 24.0 Å². The van der Waals surface area contributed by atoms with Gasteiger partial charge >= 0.3 is 5.97 Å². The first-order valence-electron chi connectivity index (χ1n) is 8.80. The Bertz CT molecular complexity index is 454. The summed E-state index contributed by atoms with van der Waals surface area (Å²) in [6.45, 7) is 1.93. The smallest absolute Gasteiger partial charge is 0.309 e. The van der Waals surface area contributed by atoms with Crippen LogP contribution < -0.4 is 0 Å². The fourth-order valence-electron chi connectivity index (χ4n) is 5.84. The molecule has 6 rings (SSSR count). The van der Waals surface area contributed by atoms with E-state index in [0.29, 0.717) is 0 Å². The molecule has 4 saturated carbocycles. The molecule has 0 N–H and O–H groups in total. The van der Waals surface area contributed by atoms with Gasteiger partial charge in [-0.25, -0.2) is 9.78 Å². The zero-order valence-corrected chi connectivity index (χ0v) is 13.0. The molecule has 6 aliphatic rings. The van der Waals surface area contributed by atoms with Crippen LogP contribution in [0, 0.1) is 17.8 Å². The van der Waals surface area contributed by atoms with Crippen molar-refractivity contribution in [1.82, 2.24) is 0 Å². The second-order valence-electron chi connectivity index (χ2n) is 8.28. The van der Waals surface area contributed by atoms with Crippen molar-refractivity contribution in [3.63, 3.8) is 0 Å². The van der Waals surface area contributed by atoms with Gasteiger partial charge in [0.15, 0.2) is 0 Å². The Labute approximate surface area is 130 Å². The Morgan fingerprint density at radius 3 is 2.32 bits per heavy atom. The minimum Gasteiger partial charge on any atom is -0.459 e. The van der Waals surface area contributed by atoms with E-state index in [1.54, 1.807) is 0 Å². The highest BCUT2D eigenvalue weighted by Gasteiger charge is 2.56. The van der Waals surface area contributed by atoms with E-state index in [0.717, 1.165) is 37.0 Å². The van der Waals surface area contributed by atoms with Gasteiger partial charge in [0.2, 0.25) is 0 Å². The highest BCUT2D eigenvalue weighted by Crippen LogP contribution is 2.57. The molecule has 2 saturated heterocycles. The number of carbonyl (C=O) groups excluding carboxylic acids is 1. The highest BCUT2D eigenvalue weighted by molar-refractivity contribution is 5.71. The fourth-order valence-corrected chi connectivity index (χ4v) is 5.84. The monoisotopic (exact) mass is 308 g/mol. The molecule has 4 atom stereocenters. The van der Waals surface area contributed by atoms with Crippen molar-refractivity contribution >= 4 is 5.97 Å². The maximum absolute atomic E-state index is 12.4. The lowest BCUT2D eigenvalue weighted by atomic mass is 9.54. The van der Waals surface area contributed by atoms with Crippen LogP contribution in [0.2, 0.25) is 0 Å². The summed E-state index contributed by atoms with van der Waals surface area (Å²) in [6, 6.07) is 0. The van der Waals surface area contributed by atoms with Crippen LogP contribution in [0.25, 0.3) is 0 Å². The average molecular weight is 308 g/mol. The van der Waals surface area contributed by atoms with E-state index in [2.05, 4.69) is 0 Å².